The molecule has 0 spiro atoms. The maximum atomic E-state index is 2.31. The second-order valence-electron chi connectivity index (χ2n) is 7.25. The molecule has 0 fully saturated rings. The van der Waals surface area contributed by atoms with Crippen LogP contribution in [0.25, 0.3) is 43.8 Å². The zero-order valence-corrected chi connectivity index (χ0v) is 16.0. The molecular weight excluding hydrogens is 336 g/mol. The first-order valence-corrected chi connectivity index (χ1v) is 9.95. The molecule has 5 aromatic carbocycles. The summed E-state index contributed by atoms with van der Waals surface area (Å²) in [6.45, 7) is 2.24. The van der Waals surface area contributed by atoms with Crippen molar-refractivity contribution in [3.8, 4) is 22.3 Å². The molecule has 0 bridgehead atoms. The van der Waals surface area contributed by atoms with Crippen molar-refractivity contribution < 1.29 is 0 Å². The van der Waals surface area contributed by atoms with E-state index in [9.17, 15) is 0 Å². The zero-order chi connectivity index (χ0) is 18.9. The number of hydrogen-bond acceptors (Lipinski definition) is 0. The van der Waals surface area contributed by atoms with Gasteiger partial charge in [0.25, 0.3) is 0 Å². The second-order valence-corrected chi connectivity index (χ2v) is 7.25. The lowest BCUT2D eigenvalue weighted by molar-refractivity contribution is 1.16. The van der Waals surface area contributed by atoms with E-state index in [0.29, 0.717) is 0 Å². The first kappa shape index (κ1) is 16.8. The molecule has 0 heterocycles. The Kier molecular flexibility index (Phi) is 4.18. The highest BCUT2D eigenvalue weighted by Gasteiger charge is 2.13. The lowest BCUT2D eigenvalue weighted by atomic mass is 9.88. The molecule has 134 valence electrons. The van der Waals surface area contributed by atoms with E-state index in [1.807, 2.05) is 0 Å². The van der Waals surface area contributed by atoms with E-state index in [1.54, 1.807) is 0 Å². The van der Waals surface area contributed by atoms with Gasteiger partial charge in [0.2, 0.25) is 0 Å². The molecule has 0 aromatic heterocycles. The Balaban J connectivity index is 1.87. The maximum Gasteiger partial charge on any atom is -0.00672 e. The van der Waals surface area contributed by atoms with E-state index in [0.717, 1.165) is 6.42 Å². The van der Waals surface area contributed by atoms with Crippen LogP contribution in [-0.2, 0) is 6.42 Å². The molecule has 0 unspecified atom stereocenters. The Morgan fingerprint density at radius 3 is 2.00 bits per heavy atom. The van der Waals surface area contributed by atoms with Crippen LogP contribution < -0.4 is 0 Å². The quantitative estimate of drug-likeness (QED) is 0.307. The SMILES string of the molecule is CCc1ccc(-c2cccc3ccccc23)c2cccc(-c3ccccc3)c12. The van der Waals surface area contributed by atoms with Gasteiger partial charge in [-0.05, 0) is 55.8 Å². The van der Waals surface area contributed by atoms with Crippen LogP contribution in [0.1, 0.15) is 12.5 Å². The number of benzene rings is 5. The van der Waals surface area contributed by atoms with Crippen molar-refractivity contribution in [2.45, 2.75) is 13.3 Å². The molecular formula is C28H22. The number of fused-ring (bicyclic) bond motifs is 2. The smallest absolute Gasteiger partial charge is 0.00672 e. The van der Waals surface area contributed by atoms with Gasteiger partial charge in [-0.2, -0.15) is 0 Å². The third-order valence-corrected chi connectivity index (χ3v) is 5.67. The topological polar surface area (TPSA) is 0 Å². The van der Waals surface area contributed by atoms with Gasteiger partial charge in [0.15, 0.2) is 0 Å². The van der Waals surface area contributed by atoms with Crippen molar-refractivity contribution in [2.75, 3.05) is 0 Å². The molecule has 0 atom stereocenters. The predicted molar refractivity (Wildman–Crippen MR) is 122 cm³/mol. The summed E-state index contributed by atoms with van der Waals surface area (Å²) in [5.41, 5.74) is 6.60. The van der Waals surface area contributed by atoms with Gasteiger partial charge in [-0.1, -0.05) is 110 Å². The molecule has 0 saturated carbocycles. The van der Waals surface area contributed by atoms with Crippen molar-refractivity contribution in [1.29, 1.82) is 0 Å². The summed E-state index contributed by atoms with van der Waals surface area (Å²) in [4.78, 5) is 0. The average molecular weight is 358 g/mol. The molecule has 0 N–H and O–H groups in total. The molecule has 28 heavy (non-hydrogen) atoms. The fraction of sp³-hybridized carbons (Fsp3) is 0.0714. The lowest BCUT2D eigenvalue weighted by Crippen LogP contribution is -1.91. The predicted octanol–water partition coefficient (Wildman–Crippen LogP) is 7.89. The Labute approximate surface area is 166 Å². The number of hydrogen-bond donors (Lipinski definition) is 0. The van der Waals surface area contributed by atoms with Gasteiger partial charge in [0.1, 0.15) is 0 Å². The first-order valence-electron chi connectivity index (χ1n) is 9.95. The summed E-state index contributed by atoms with van der Waals surface area (Å²) in [6, 6.07) is 37.3. The molecule has 5 rings (SSSR count). The molecule has 5 aromatic rings. The Bertz CT molecular complexity index is 1270. The van der Waals surface area contributed by atoms with Crippen LogP contribution in [0.3, 0.4) is 0 Å². The van der Waals surface area contributed by atoms with Crippen molar-refractivity contribution in [1.82, 2.24) is 0 Å². The highest BCUT2D eigenvalue weighted by Crippen LogP contribution is 2.39. The molecule has 0 amide bonds. The van der Waals surface area contributed by atoms with Gasteiger partial charge in [-0.3, -0.25) is 0 Å². The second kappa shape index (κ2) is 6.98. The standard InChI is InChI=1S/C28H22/c1-2-20-18-19-26(25-16-8-13-21-12-6-7-14-23(21)25)27-17-9-15-24(28(20)27)22-10-4-3-5-11-22/h3-19H,2H2,1H3. The Morgan fingerprint density at radius 1 is 0.500 bits per heavy atom. The summed E-state index contributed by atoms with van der Waals surface area (Å²) in [5.74, 6) is 0. The van der Waals surface area contributed by atoms with Gasteiger partial charge >= 0.3 is 0 Å². The van der Waals surface area contributed by atoms with Crippen LogP contribution in [0.2, 0.25) is 0 Å². The zero-order valence-electron chi connectivity index (χ0n) is 16.0. The van der Waals surface area contributed by atoms with Gasteiger partial charge in [-0.15, -0.1) is 0 Å². The van der Waals surface area contributed by atoms with Crippen molar-refractivity contribution in [3.63, 3.8) is 0 Å². The van der Waals surface area contributed by atoms with Crippen LogP contribution in [0.15, 0.2) is 103 Å². The van der Waals surface area contributed by atoms with Crippen LogP contribution in [0.5, 0.6) is 0 Å². The van der Waals surface area contributed by atoms with E-state index in [4.69, 9.17) is 0 Å². The van der Waals surface area contributed by atoms with Crippen molar-refractivity contribution >= 4 is 21.5 Å². The van der Waals surface area contributed by atoms with E-state index in [1.165, 1.54) is 49.4 Å². The third-order valence-electron chi connectivity index (χ3n) is 5.67. The number of rotatable bonds is 3. The minimum absolute atomic E-state index is 1.02. The van der Waals surface area contributed by atoms with E-state index in [-0.39, 0.29) is 0 Å². The fourth-order valence-electron chi connectivity index (χ4n) is 4.33. The number of aryl methyl sites for hydroxylation is 1. The first-order chi connectivity index (χ1) is 13.9. The maximum absolute atomic E-state index is 2.31. The average Bonchev–Trinajstić information content (AvgIpc) is 2.78. The molecule has 0 aliphatic rings. The van der Waals surface area contributed by atoms with Gasteiger partial charge in [-0.25, -0.2) is 0 Å². The van der Waals surface area contributed by atoms with Crippen LogP contribution >= 0.6 is 0 Å². The Morgan fingerprint density at radius 2 is 1.14 bits per heavy atom. The van der Waals surface area contributed by atoms with Gasteiger partial charge in [0.05, 0.1) is 0 Å². The molecule has 0 aliphatic carbocycles. The normalized spacial score (nSPS) is 11.2. The minimum Gasteiger partial charge on any atom is -0.0622 e. The summed E-state index contributed by atoms with van der Waals surface area (Å²) in [6.07, 6.45) is 1.02. The lowest BCUT2D eigenvalue weighted by Gasteiger charge is -2.16. The molecule has 0 saturated heterocycles. The van der Waals surface area contributed by atoms with E-state index in [2.05, 4.69) is 110 Å². The monoisotopic (exact) mass is 358 g/mol. The fourth-order valence-corrected chi connectivity index (χ4v) is 4.33. The highest BCUT2D eigenvalue weighted by atomic mass is 14.2. The molecule has 0 nitrogen and oxygen atoms in total. The molecule has 0 heteroatoms. The largest absolute Gasteiger partial charge is 0.0622 e. The van der Waals surface area contributed by atoms with Gasteiger partial charge in [0, 0.05) is 0 Å². The third kappa shape index (κ3) is 2.70. The summed E-state index contributed by atoms with van der Waals surface area (Å²) < 4.78 is 0. The molecule has 0 radical (unpaired) electrons. The summed E-state index contributed by atoms with van der Waals surface area (Å²) in [5, 5.41) is 5.30. The van der Waals surface area contributed by atoms with Crippen LogP contribution in [0.4, 0.5) is 0 Å². The van der Waals surface area contributed by atoms with E-state index < -0.39 is 0 Å². The minimum atomic E-state index is 1.02. The van der Waals surface area contributed by atoms with Crippen molar-refractivity contribution in [2.24, 2.45) is 0 Å². The van der Waals surface area contributed by atoms with Crippen LogP contribution in [-0.4, -0.2) is 0 Å². The molecule has 0 aliphatic heterocycles. The summed E-state index contributed by atoms with van der Waals surface area (Å²) in [7, 11) is 0. The van der Waals surface area contributed by atoms with Crippen LogP contribution in [0, 0.1) is 0 Å². The van der Waals surface area contributed by atoms with Crippen molar-refractivity contribution in [3.05, 3.63) is 109 Å². The Hall–Kier alpha value is -3.38. The highest BCUT2D eigenvalue weighted by molar-refractivity contribution is 6.10. The summed E-state index contributed by atoms with van der Waals surface area (Å²) >= 11 is 0. The van der Waals surface area contributed by atoms with E-state index >= 15 is 0 Å². The van der Waals surface area contributed by atoms with Gasteiger partial charge < -0.3 is 0 Å².